The van der Waals surface area contributed by atoms with Gasteiger partial charge in [-0.15, -0.1) is 0 Å². The molecule has 2 aromatic heterocycles. The maximum atomic E-state index is 13.8. The second-order valence-corrected chi connectivity index (χ2v) is 13.6. The van der Waals surface area contributed by atoms with Crippen molar-refractivity contribution in [2.45, 2.75) is 76.3 Å². The van der Waals surface area contributed by atoms with Crippen molar-refractivity contribution in [1.82, 2.24) is 23.8 Å². The Hall–Kier alpha value is -4.23. The second kappa shape index (κ2) is 15.6. The molecule has 0 aliphatic carbocycles. The Bertz CT molecular complexity index is 1890. The molecule has 47 heavy (non-hydrogen) atoms. The van der Waals surface area contributed by atoms with Gasteiger partial charge in [0.25, 0.3) is 5.56 Å². The number of sulfonamides is 1. The van der Waals surface area contributed by atoms with Gasteiger partial charge in [-0.2, -0.15) is 4.31 Å². The van der Waals surface area contributed by atoms with Gasteiger partial charge in [0, 0.05) is 35.2 Å². The van der Waals surface area contributed by atoms with Crippen LogP contribution in [0.1, 0.15) is 65.3 Å². The summed E-state index contributed by atoms with van der Waals surface area (Å²) in [6.07, 6.45) is 7.18. The molecule has 0 spiro atoms. The molecule has 5 rings (SSSR count). The Morgan fingerprint density at radius 1 is 1.06 bits per heavy atom. The van der Waals surface area contributed by atoms with Crippen LogP contribution >= 0.6 is 0 Å². The number of nitrogens with one attached hydrogen (secondary N) is 1. The van der Waals surface area contributed by atoms with Gasteiger partial charge in [-0.1, -0.05) is 75.8 Å². The quantitative estimate of drug-likeness (QED) is 0.0658. The number of morpholine rings is 1. The predicted octanol–water partition coefficient (Wildman–Crippen LogP) is 6.47. The Morgan fingerprint density at radius 2 is 1.85 bits per heavy atom. The molecule has 2 atom stereocenters. The highest BCUT2D eigenvalue weighted by molar-refractivity contribution is 7.89. The normalized spacial score (nSPS) is 15.3. The lowest BCUT2D eigenvalue weighted by Gasteiger charge is -2.26. The lowest BCUT2D eigenvalue weighted by Crippen LogP contribution is -2.40. The van der Waals surface area contributed by atoms with Gasteiger partial charge < -0.3 is 19.0 Å². The van der Waals surface area contributed by atoms with Crippen LogP contribution in [0.3, 0.4) is 0 Å². The highest BCUT2D eigenvalue weighted by Gasteiger charge is 2.29. The number of aromatic nitrogens is 4. The fourth-order valence-corrected chi connectivity index (χ4v) is 7.36. The Morgan fingerprint density at radius 3 is 2.60 bits per heavy atom. The van der Waals surface area contributed by atoms with Crippen molar-refractivity contribution >= 4 is 21.2 Å². The van der Waals surface area contributed by atoms with Crippen molar-refractivity contribution < 1.29 is 17.9 Å². The van der Waals surface area contributed by atoms with Gasteiger partial charge >= 0.3 is 0 Å². The molecule has 13 nitrogen and oxygen atoms in total. The number of hydrogen-bond acceptors (Lipinski definition) is 8. The predicted molar refractivity (Wildman–Crippen MR) is 181 cm³/mol. The summed E-state index contributed by atoms with van der Waals surface area (Å²) in [6.45, 7) is 7.63. The van der Waals surface area contributed by atoms with Crippen molar-refractivity contribution in [1.29, 1.82) is 0 Å². The molecule has 250 valence electrons. The molecule has 2 unspecified atom stereocenters. The molecular weight excluding hydrogens is 620 g/mol. The van der Waals surface area contributed by atoms with Crippen LogP contribution in [0.4, 0.5) is 0 Å². The van der Waals surface area contributed by atoms with E-state index in [-0.39, 0.29) is 35.4 Å². The number of unbranched alkanes of at least 4 members (excludes halogenated alkanes) is 3. The van der Waals surface area contributed by atoms with Gasteiger partial charge in [-0.25, -0.2) is 18.4 Å². The van der Waals surface area contributed by atoms with Crippen molar-refractivity contribution in [2.75, 3.05) is 32.9 Å². The zero-order valence-corrected chi connectivity index (χ0v) is 27.9. The van der Waals surface area contributed by atoms with Crippen molar-refractivity contribution in [3.63, 3.8) is 0 Å². The van der Waals surface area contributed by atoms with Crippen LogP contribution in [0.5, 0.6) is 5.75 Å². The van der Waals surface area contributed by atoms with E-state index in [1.54, 1.807) is 24.5 Å². The number of H-pyrrole nitrogens is 1. The average molecular weight is 663 g/mol. The summed E-state index contributed by atoms with van der Waals surface area (Å²) in [5.74, 6) is 0.813. The molecule has 4 aromatic rings. The standard InChI is InChI=1S/C33H42N8O5S/c1-4-6-7-8-12-28(23(3)38-39-34)41-22-35-30-32(41)36-31(37-33(30)42)27-21-24(47(43,44)40-16-19-45-20-17-40)14-15-25(27)26-11-9-10-13-29(26)46-18-5-2/h9-11,13-15,21-23,28H,4-8,12,16-20H2,1-3H3,(H,36,37,42). The highest BCUT2D eigenvalue weighted by Crippen LogP contribution is 2.38. The van der Waals surface area contributed by atoms with E-state index >= 15 is 0 Å². The first kappa shape index (κ1) is 34.1. The van der Waals surface area contributed by atoms with E-state index in [0.29, 0.717) is 48.8 Å². The molecule has 0 bridgehead atoms. The molecule has 1 fully saturated rings. The summed E-state index contributed by atoms with van der Waals surface area (Å²) in [4.78, 5) is 28.9. The molecule has 2 aromatic carbocycles. The lowest BCUT2D eigenvalue weighted by molar-refractivity contribution is 0.0730. The summed E-state index contributed by atoms with van der Waals surface area (Å²) in [5, 5.41) is 3.98. The van der Waals surface area contributed by atoms with Gasteiger partial charge in [0.1, 0.15) is 11.6 Å². The summed E-state index contributed by atoms with van der Waals surface area (Å²) in [5.41, 5.74) is 11.0. The van der Waals surface area contributed by atoms with Gasteiger partial charge in [-0.05, 0) is 42.1 Å². The van der Waals surface area contributed by atoms with E-state index in [2.05, 4.69) is 26.9 Å². The van der Waals surface area contributed by atoms with E-state index in [4.69, 9.17) is 14.5 Å². The van der Waals surface area contributed by atoms with Gasteiger partial charge in [0.15, 0.2) is 11.2 Å². The smallest absolute Gasteiger partial charge is 0.279 e. The number of hydrogen-bond donors (Lipinski definition) is 1. The van der Waals surface area contributed by atoms with E-state index in [9.17, 15) is 18.7 Å². The van der Waals surface area contributed by atoms with Crippen LogP contribution in [-0.2, 0) is 14.8 Å². The number of para-hydroxylation sites is 1. The van der Waals surface area contributed by atoms with Gasteiger partial charge in [0.2, 0.25) is 10.0 Å². The first-order valence-corrected chi connectivity index (χ1v) is 17.7. The molecule has 1 aliphatic heterocycles. The maximum Gasteiger partial charge on any atom is 0.279 e. The number of benzene rings is 2. The summed E-state index contributed by atoms with van der Waals surface area (Å²) in [6, 6.07) is 11.7. The van der Waals surface area contributed by atoms with E-state index in [0.717, 1.165) is 37.7 Å². The Labute approximate surface area is 274 Å². The summed E-state index contributed by atoms with van der Waals surface area (Å²) >= 11 is 0. The fraction of sp³-hybridized carbons (Fsp3) is 0.485. The number of aromatic amines is 1. The third-order valence-corrected chi connectivity index (χ3v) is 10.3. The number of nitrogens with zero attached hydrogens (tertiary/aromatic N) is 7. The minimum Gasteiger partial charge on any atom is -0.493 e. The molecule has 1 saturated heterocycles. The summed E-state index contributed by atoms with van der Waals surface area (Å²) in [7, 11) is -3.87. The second-order valence-electron chi connectivity index (χ2n) is 11.7. The molecule has 1 aliphatic rings. The first-order valence-electron chi connectivity index (χ1n) is 16.3. The number of azide groups is 1. The zero-order valence-electron chi connectivity index (χ0n) is 27.1. The third kappa shape index (κ3) is 7.51. The van der Waals surface area contributed by atoms with Crippen molar-refractivity contribution in [3.8, 4) is 28.3 Å². The number of imidazole rings is 1. The number of rotatable bonds is 15. The molecule has 14 heteroatoms. The monoisotopic (exact) mass is 662 g/mol. The van der Waals surface area contributed by atoms with E-state index in [1.807, 2.05) is 42.7 Å². The minimum absolute atomic E-state index is 0.0761. The SMILES string of the molecule is CCCCCCC(C(C)N=[N+]=[N-])n1cnc2c(=O)[nH]c(-c3cc(S(=O)(=O)N4CCOCC4)ccc3-c3ccccc3OCCC)nc21. The number of fused-ring (bicyclic) bond motifs is 1. The van der Waals surface area contributed by atoms with Gasteiger partial charge in [-0.3, -0.25) is 4.79 Å². The van der Waals surface area contributed by atoms with Crippen LogP contribution in [0, 0.1) is 0 Å². The Balaban J connectivity index is 1.70. The van der Waals surface area contributed by atoms with Crippen LogP contribution < -0.4 is 10.3 Å². The molecule has 3 heterocycles. The molecule has 0 radical (unpaired) electrons. The van der Waals surface area contributed by atoms with E-state index in [1.165, 1.54) is 4.31 Å². The maximum absolute atomic E-state index is 13.8. The average Bonchev–Trinajstić information content (AvgIpc) is 3.52. The van der Waals surface area contributed by atoms with Crippen molar-refractivity contribution in [2.24, 2.45) is 5.11 Å². The molecular formula is C33H42N8O5S. The van der Waals surface area contributed by atoms with Crippen LogP contribution in [0.15, 0.2) is 63.6 Å². The molecule has 0 amide bonds. The van der Waals surface area contributed by atoms with Crippen LogP contribution in [0.25, 0.3) is 44.1 Å². The lowest BCUT2D eigenvalue weighted by atomic mass is 9.98. The molecule has 1 N–H and O–H groups in total. The minimum atomic E-state index is -3.87. The molecule has 0 saturated carbocycles. The van der Waals surface area contributed by atoms with Crippen LogP contribution in [0.2, 0.25) is 0 Å². The fourth-order valence-electron chi connectivity index (χ4n) is 5.93. The van der Waals surface area contributed by atoms with Crippen LogP contribution in [-0.4, -0.2) is 71.2 Å². The topological polar surface area (TPSA) is 168 Å². The summed E-state index contributed by atoms with van der Waals surface area (Å²) < 4.78 is 42.3. The third-order valence-electron chi connectivity index (χ3n) is 8.43. The number of ether oxygens (including phenoxy) is 2. The zero-order chi connectivity index (χ0) is 33.4. The van der Waals surface area contributed by atoms with Gasteiger partial charge in [0.05, 0.1) is 37.1 Å². The largest absolute Gasteiger partial charge is 0.493 e. The highest BCUT2D eigenvalue weighted by atomic mass is 32.2. The first-order chi connectivity index (χ1) is 22.8. The van der Waals surface area contributed by atoms with E-state index < -0.39 is 21.6 Å². The van der Waals surface area contributed by atoms with Crippen molar-refractivity contribution in [3.05, 3.63) is 69.6 Å². The Kier molecular flexibility index (Phi) is 11.3.